The van der Waals surface area contributed by atoms with Crippen molar-refractivity contribution >= 4 is 11.6 Å². The fourth-order valence-electron chi connectivity index (χ4n) is 2.81. The predicted octanol–water partition coefficient (Wildman–Crippen LogP) is 2.84. The Morgan fingerprint density at radius 1 is 1.24 bits per heavy atom. The number of carbonyl (C=O) groups is 1. The average molecular weight is 281 g/mol. The van der Waals surface area contributed by atoms with Crippen molar-refractivity contribution in [2.24, 2.45) is 0 Å². The lowest BCUT2D eigenvalue weighted by Crippen LogP contribution is -2.38. The third-order valence-corrected chi connectivity index (χ3v) is 4.01. The highest BCUT2D eigenvalue weighted by Crippen LogP contribution is 2.34. The summed E-state index contributed by atoms with van der Waals surface area (Å²) in [4.78, 5) is 18.3. The smallest absolute Gasteiger partial charge is 0.228 e. The molecule has 0 bridgehead atoms. The number of para-hydroxylation sites is 1. The Labute approximate surface area is 124 Å². The van der Waals surface area contributed by atoms with Gasteiger partial charge in [-0.25, -0.2) is 0 Å². The molecule has 1 aromatic carbocycles. The molecule has 1 aliphatic heterocycles. The number of hydrogen-bond acceptors (Lipinski definition) is 3. The molecule has 4 nitrogen and oxygen atoms in total. The summed E-state index contributed by atoms with van der Waals surface area (Å²) in [6.45, 7) is 2.08. The van der Waals surface area contributed by atoms with Gasteiger partial charge in [0.05, 0.1) is 5.69 Å². The summed E-state index contributed by atoms with van der Waals surface area (Å²) >= 11 is 0. The van der Waals surface area contributed by atoms with E-state index < -0.39 is 0 Å². The van der Waals surface area contributed by atoms with Gasteiger partial charge < -0.3 is 10.2 Å². The van der Waals surface area contributed by atoms with E-state index in [4.69, 9.17) is 0 Å². The van der Waals surface area contributed by atoms with E-state index in [0.29, 0.717) is 6.42 Å². The van der Waals surface area contributed by atoms with E-state index in [1.165, 1.54) is 5.56 Å². The second-order valence-corrected chi connectivity index (χ2v) is 5.41. The summed E-state index contributed by atoms with van der Waals surface area (Å²) < 4.78 is 0. The molecule has 0 aliphatic carbocycles. The molecule has 0 spiro atoms. The number of benzene rings is 1. The maximum Gasteiger partial charge on any atom is 0.228 e. The minimum absolute atomic E-state index is 0.0295. The lowest BCUT2D eigenvalue weighted by atomic mass is 9.95. The summed E-state index contributed by atoms with van der Waals surface area (Å²) in [6, 6.07) is 14.1. The number of nitrogens with one attached hydrogen (secondary N) is 1. The molecule has 1 unspecified atom stereocenters. The van der Waals surface area contributed by atoms with Gasteiger partial charge in [-0.1, -0.05) is 24.3 Å². The minimum Gasteiger partial charge on any atom is -0.315 e. The van der Waals surface area contributed by atoms with Crippen LogP contribution in [0, 0.1) is 0 Å². The molecule has 1 aromatic heterocycles. The lowest BCUT2D eigenvalue weighted by Gasteiger charge is -2.33. The topological polar surface area (TPSA) is 45.2 Å². The second kappa shape index (κ2) is 5.66. The molecular weight excluding hydrogens is 262 g/mol. The Morgan fingerprint density at radius 2 is 2.00 bits per heavy atom. The van der Waals surface area contributed by atoms with Gasteiger partial charge in [0, 0.05) is 37.4 Å². The van der Waals surface area contributed by atoms with E-state index in [2.05, 4.69) is 23.3 Å². The van der Waals surface area contributed by atoms with E-state index in [0.717, 1.165) is 11.4 Å². The first-order valence-electron chi connectivity index (χ1n) is 7.19. The maximum atomic E-state index is 12.2. The monoisotopic (exact) mass is 281 g/mol. The zero-order valence-electron chi connectivity index (χ0n) is 12.3. The van der Waals surface area contributed by atoms with E-state index in [9.17, 15) is 4.79 Å². The lowest BCUT2D eigenvalue weighted by molar-refractivity contribution is -0.119. The molecule has 3 rings (SSSR count). The van der Waals surface area contributed by atoms with Gasteiger partial charge in [-0.05, 0) is 30.7 Å². The second-order valence-electron chi connectivity index (χ2n) is 5.41. The van der Waals surface area contributed by atoms with Crippen LogP contribution < -0.4 is 10.2 Å². The Bertz CT molecular complexity index is 641. The normalized spacial score (nSPS) is 19.2. The van der Waals surface area contributed by atoms with E-state index in [1.807, 2.05) is 43.4 Å². The molecule has 4 heteroatoms. The van der Waals surface area contributed by atoms with Crippen LogP contribution in [-0.2, 0) is 4.79 Å². The molecule has 0 fully saturated rings. The van der Waals surface area contributed by atoms with Crippen molar-refractivity contribution in [2.45, 2.75) is 25.4 Å². The number of anilines is 1. The Balaban J connectivity index is 1.86. The van der Waals surface area contributed by atoms with Gasteiger partial charge in [0.25, 0.3) is 0 Å². The summed E-state index contributed by atoms with van der Waals surface area (Å²) in [5.41, 5.74) is 3.14. The molecule has 2 aromatic rings. The first-order chi connectivity index (χ1) is 10.2. The van der Waals surface area contributed by atoms with Crippen molar-refractivity contribution in [3.8, 4) is 0 Å². The summed E-state index contributed by atoms with van der Waals surface area (Å²) in [6.07, 6.45) is 2.27. The maximum absolute atomic E-state index is 12.2. The van der Waals surface area contributed by atoms with Crippen LogP contribution in [0.2, 0.25) is 0 Å². The predicted molar refractivity (Wildman–Crippen MR) is 83.0 cm³/mol. The fourth-order valence-corrected chi connectivity index (χ4v) is 2.81. The van der Waals surface area contributed by atoms with Crippen LogP contribution in [0.3, 0.4) is 0 Å². The van der Waals surface area contributed by atoms with Crippen molar-refractivity contribution in [3.63, 3.8) is 0 Å². The van der Waals surface area contributed by atoms with Crippen LogP contribution in [0.15, 0.2) is 48.7 Å². The first kappa shape index (κ1) is 13.8. The Hall–Kier alpha value is -2.20. The quantitative estimate of drug-likeness (QED) is 0.941. The number of fused-ring (bicyclic) bond motifs is 1. The molecule has 1 amide bonds. The van der Waals surface area contributed by atoms with Crippen LogP contribution in [-0.4, -0.2) is 17.9 Å². The van der Waals surface area contributed by atoms with Gasteiger partial charge >= 0.3 is 0 Å². The van der Waals surface area contributed by atoms with Crippen molar-refractivity contribution in [1.82, 2.24) is 10.3 Å². The van der Waals surface area contributed by atoms with Gasteiger partial charge in [-0.2, -0.15) is 0 Å². The van der Waals surface area contributed by atoms with Gasteiger partial charge in [-0.3, -0.25) is 9.78 Å². The largest absolute Gasteiger partial charge is 0.315 e. The zero-order chi connectivity index (χ0) is 14.8. The Morgan fingerprint density at radius 3 is 2.76 bits per heavy atom. The molecule has 108 valence electrons. The molecule has 21 heavy (non-hydrogen) atoms. The van der Waals surface area contributed by atoms with Crippen LogP contribution >= 0.6 is 0 Å². The van der Waals surface area contributed by atoms with Gasteiger partial charge in [-0.15, -0.1) is 0 Å². The van der Waals surface area contributed by atoms with Gasteiger partial charge in [0.1, 0.15) is 0 Å². The summed E-state index contributed by atoms with van der Waals surface area (Å²) in [5, 5.41) is 3.53. The SMILES string of the molecule is C[C@H](NC1CC(=O)N(C)c2ccccc21)c1ccccn1. The number of rotatable bonds is 3. The highest BCUT2D eigenvalue weighted by atomic mass is 16.2. The van der Waals surface area contributed by atoms with Crippen molar-refractivity contribution in [3.05, 3.63) is 59.9 Å². The summed E-state index contributed by atoms with van der Waals surface area (Å²) in [7, 11) is 1.83. The van der Waals surface area contributed by atoms with E-state index in [1.54, 1.807) is 11.1 Å². The summed E-state index contributed by atoms with van der Waals surface area (Å²) in [5.74, 6) is 0.138. The molecule has 2 heterocycles. The molecular formula is C17H19N3O. The minimum atomic E-state index is 0.0295. The third-order valence-electron chi connectivity index (χ3n) is 4.01. The van der Waals surface area contributed by atoms with Crippen LogP contribution in [0.1, 0.15) is 36.7 Å². The molecule has 0 saturated heterocycles. The van der Waals surface area contributed by atoms with Crippen LogP contribution in [0.4, 0.5) is 5.69 Å². The molecule has 2 atom stereocenters. The third kappa shape index (κ3) is 2.67. The molecule has 1 N–H and O–H groups in total. The van der Waals surface area contributed by atoms with Crippen LogP contribution in [0.25, 0.3) is 0 Å². The Kier molecular flexibility index (Phi) is 3.71. The fraction of sp³-hybridized carbons (Fsp3) is 0.294. The van der Waals surface area contributed by atoms with Crippen molar-refractivity contribution in [1.29, 1.82) is 0 Å². The van der Waals surface area contributed by atoms with Crippen LogP contribution in [0.5, 0.6) is 0 Å². The standard InChI is InChI=1S/C17H19N3O/c1-12(14-8-5-6-10-18-14)19-15-11-17(21)20(2)16-9-4-3-7-13(15)16/h3-10,12,15,19H,11H2,1-2H3/t12-,15?/m0/s1. The number of aromatic nitrogens is 1. The molecule has 0 saturated carbocycles. The number of amides is 1. The highest BCUT2D eigenvalue weighted by Gasteiger charge is 2.29. The first-order valence-corrected chi connectivity index (χ1v) is 7.19. The number of nitrogens with zero attached hydrogens (tertiary/aromatic N) is 2. The number of carbonyl (C=O) groups excluding carboxylic acids is 1. The molecule has 1 aliphatic rings. The van der Waals surface area contributed by atoms with Crippen molar-refractivity contribution in [2.75, 3.05) is 11.9 Å². The molecule has 0 radical (unpaired) electrons. The van der Waals surface area contributed by atoms with Gasteiger partial charge in [0.15, 0.2) is 0 Å². The zero-order valence-corrected chi connectivity index (χ0v) is 12.3. The van der Waals surface area contributed by atoms with Crippen molar-refractivity contribution < 1.29 is 4.79 Å². The number of hydrogen-bond donors (Lipinski definition) is 1. The van der Waals surface area contributed by atoms with Gasteiger partial charge in [0.2, 0.25) is 5.91 Å². The number of pyridine rings is 1. The highest BCUT2D eigenvalue weighted by molar-refractivity contribution is 5.96. The van der Waals surface area contributed by atoms with E-state index in [-0.39, 0.29) is 18.0 Å². The van der Waals surface area contributed by atoms with E-state index >= 15 is 0 Å². The average Bonchev–Trinajstić information content (AvgIpc) is 2.53.